The molecule has 1 aromatic heterocycles. The fourth-order valence-corrected chi connectivity index (χ4v) is 2.85. The smallest absolute Gasteiger partial charge is 0.258 e. The van der Waals surface area contributed by atoms with Crippen LogP contribution in [0, 0.1) is 5.82 Å². The first-order valence-electron chi connectivity index (χ1n) is 6.83. The number of hydrogen-bond acceptors (Lipinski definition) is 3. The van der Waals surface area contributed by atoms with Crippen molar-refractivity contribution in [2.45, 2.75) is 13.0 Å². The van der Waals surface area contributed by atoms with Gasteiger partial charge in [-0.15, -0.1) is 0 Å². The number of fused-ring (bicyclic) bond motifs is 1. The van der Waals surface area contributed by atoms with Crippen molar-refractivity contribution in [2.24, 2.45) is 0 Å². The Hall–Kier alpha value is -1.98. The van der Waals surface area contributed by atoms with Crippen molar-refractivity contribution in [3.8, 4) is 0 Å². The summed E-state index contributed by atoms with van der Waals surface area (Å²) < 4.78 is 19.0. The highest BCUT2D eigenvalue weighted by Crippen LogP contribution is 2.29. The quantitative estimate of drug-likeness (QED) is 0.872. The summed E-state index contributed by atoms with van der Waals surface area (Å²) in [7, 11) is 1.49. The first-order chi connectivity index (χ1) is 10.6. The Bertz CT molecular complexity index is 736. The van der Waals surface area contributed by atoms with Crippen molar-refractivity contribution >= 4 is 23.2 Å². The van der Waals surface area contributed by atoms with Gasteiger partial charge in [-0.25, -0.2) is 4.39 Å². The molecule has 1 aromatic carbocycles. The molecule has 0 atom stereocenters. The van der Waals surface area contributed by atoms with Crippen LogP contribution >= 0.6 is 11.6 Å². The fraction of sp³-hybridized carbons (Fsp3) is 0.250. The average molecular weight is 321 g/mol. The third-order valence-corrected chi connectivity index (χ3v) is 3.94. The van der Waals surface area contributed by atoms with E-state index in [1.807, 2.05) is 0 Å². The van der Waals surface area contributed by atoms with E-state index in [1.54, 1.807) is 23.1 Å². The first-order valence-corrected chi connectivity index (χ1v) is 7.21. The van der Waals surface area contributed by atoms with Crippen LogP contribution in [-0.2, 0) is 17.8 Å². The maximum absolute atomic E-state index is 14.0. The Labute approximate surface area is 132 Å². The summed E-state index contributed by atoms with van der Waals surface area (Å²) >= 11 is 5.96. The number of hydrogen-bond donors (Lipinski definition) is 0. The summed E-state index contributed by atoms with van der Waals surface area (Å²) in [5, 5.41) is 0.604. The number of carbonyl (C=O) groups excluding carboxylic acids is 1. The van der Waals surface area contributed by atoms with Gasteiger partial charge >= 0.3 is 0 Å². The first kappa shape index (κ1) is 14.9. The predicted molar refractivity (Wildman–Crippen MR) is 81.7 cm³/mol. The highest BCUT2D eigenvalue weighted by Gasteiger charge is 2.28. The number of benzene rings is 1. The molecule has 0 spiro atoms. The van der Waals surface area contributed by atoms with Crippen LogP contribution in [0.5, 0.6) is 0 Å². The molecule has 0 bridgehead atoms. The van der Waals surface area contributed by atoms with Gasteiger partial charge in [0.25, 0.3) is 5.91 Å². The summed E-state index contributed by atoms with van der Waals surface area (Å²) in [6, 6.07) is 5.18. The maximum Gasteiger partial charge on any atom is 0.258 e. The maximum atomic E-state index is 14.0. The molecule has 4 nitrogen and oxygen atoms in total. The topological polar surface area (TPSA) is 42.4 Å². The molecule has 3 rings (SSSR count). The van der Waals surface area contributed by atoms with Crippen LogP contribution in [0.2, 0.25) is 5.02 Å². The SMILES string of the molecule is COCc1c(F)cncc1N1CCc2cc(Cl)ccc2C1=O. The Morgan fingerprint density at radius 1 is 1.41 bits per heavy atom. The Kier molecular flexibility index (Phi) is 4.09. The molecule has 0 radical (unpaired) electrons. The van der Waals surface area contributed by atoms with E-state index >= 15 is 0 Å². The van der Waals surface area contributed by atoms with E-state index in [0.717, 1.165) is 11.8 Å². The van der Waals surface area contributed by atoms with Gasteiger partial charge in [0.05, 0.1) is 24.7 Å². The van der Waals surface area contributed by atoms with Gasteiger partial charge in [-0.3, -0.25) is 9.78 Å². The Morgan fingerprint density at radius 3 is 3.00 bits per heavy atom. The molecular formula is C16H14ClFN2O2. The summed E-state index contributed by atoms with van der Waals surface area (Å²) in [6.45, 7) is 0.537. The molecule has 0 saturated carbocycles. The second-order valence-corrected chi connectivity index (χ2v) is 5.50. The summed E-state index contributed by atoms with van der Waals surface area (Å²) in [6.07, 6.45) is 3.28. The van der Waals surface area contributed by atoms with Crippen LogP contribution in [-0.4, -0.2) is 24.5 Å². The average Bonchev–Trinajstić information content (AvgIpc) is 2.50. The van der Waals surface area contributed by atoms with Gasteiger partial charge in [0.15, 0.2) is 0 Å². The largest absolute Gasteiger partial charge is 0.380 e. The summed E-state index contributed by atoms with van der Waals surface area (Å²) in [5.74, 6) is -0.656. The second kappa shape index (κ2) is 6.02. The van der Waals surface area contributed by atoms with Crippen LogP contribution in [0.1, 0.15) is 21.5 Å². The van der Waals surface area contributed by atoms with Crippen LogP contribution in [0.15, 0.2) is 30.6 Å². The van der Waals surface area contributed by atoms with Crippen molar-refractivity contribution in [1.82, 2.24) is 4.98 Å². The molecule has 0 fully saturated rings. The van der Waals surface area contributed by atoms with Crippen molar-refractivity contribution in [3.63, 3.8) is 0 Å². The van der Waals surface area contributed by atoms with Crippen molar-refractivity contribution in [1.29, 1.82) is 0 Å². The molecule has 2 aromatic rings. The van der Waals surface area contributed by atoms with Crippen LogP contribution in [0.4, 0.5) is 10.1 Å². The Balaban J connectivity index is 2.03. The van der Waals surface area contributed by atoms with E-state index in [4.69, 9.17) is 16.3 Å². The molecule has 0 N–H and O–H groups in total. The summed E-state index contributed by atoms with van der Waals surface area (Å²) in [5.41, 5.74) is 2.28. The molecule has 0 unspecified atom stereocenters. The van der Waals surface area contributed by atoms with E-state index in [-0.39, 0.29) is 12.5 Å². The highest BCUT2D eigenvalue weighted by molar-refractivity contribution is 6.30. The zero-order valence-corrected chi connectivity index (χ0v) is 12.7. The molecule has 22 heavy (non-hydrogen) atoms. The minimum atomic E-state index is -0.478. The number of nitrogens with zero attached hydrogens (tertiary/aromatic N) is 2. The zero-order valence-electron chi connectivity index (χ0n) is 12.0. The number of amides is 1. The molecule has 2 heterocycles. The van der Waals surface area contributed by atoms with Gasteiger partial charge in [-0.05, 0) is 30.2 Å². The number of aromatic nitrogens is 1. The normalized spacial score (nSPS) is 14.1. The number of anilines is 1. The van der Waals surface area contributed by atoms with Gasteiger partial charge in [0.1, 0.15) is 5.82 Å². The number of ether oxygens (including phenoxy) is 1. The van der Waals surface area contributed by atoms with Crippen molar-refractivity contribution in [2.75, 3.05) is 18.6 Å². The monoisotopic (exact) mass is 320 g/mol. The minimum absolute atomic E-state index is 0.0843. The highest BCUT2D eigenvalue weighted by atomic mass is 35.5. The van der Waals surface area contributed by atoms with E-state index in [0.29, 0.717) is 34.8 Å². The minimum Gasteiger partial charge on any atom is -0.380 e. The van der Waals surface area contributed by atoms with Crippen molar-refractivity contribution < 1.29 is 13.9 Å². The van der Waals surface area contributed by atoms with Gasteiger partial charge in [-0.2, -0.15) is 0 Å². The molecule has 114 valence electrons. The molecule has 0 aliphatic carbocycles. The number of rotatable bonds is 3. The van der Waals surface area contributed by atoms with Gasteiger partial charge in [0.2, 0.25) is 0 Å². The van der Waals surface area contributed by atoms with Gasteiger partial charge < -0.3 is 9.64 Å². The lowest BCUT2D eigenvalue weighted by molar-refractivity contribution is 0.0979. The second-order valence-electron chi connectivity index (χ2n) is 5.06. The zero-order chi connectivity index (χ0) is 15.7. The number of halogens is 2. The molecular weight excluding hydrogens is 307 g/mol. The molecule has 1 aliphatic rings. The molecule has 0 saturated heterocycles. The molecule has 1 aliphatic heterocycles. The van der Waals surface area contributed by atoms with E-state index in [1.165, 1.54) is 13.3 Å². The molecule has 6 heteroatoms. The Morgan fingerprint density at radius 2 is 2.23 bits per heavy atom. The molecule has 1 amide bonds. The lowest BCUT2D eigenvalue weighted by atomic mass is 9.98. The summed E-state index contributed by atoms with van der Waals surface area (Å²) in [4.78, 5) is 18.1. The standard InChI is InChI=1S/C16H14ClFN2O2/c1-22-9-13-14(18)7-19-8-15(13)20-5-4-10-6-11(17)2-3-12(10)16(20)21/h2-3,6-8H,4-5,9H2,1H3. The third kappa shape index (κ3) is 2.58. The lowest BCUT2D eigenvalue weighted by Gasteiger charge is -2.30. The third-order valence-electron chi connectivity index (χ3n) is 3.71. The van der Waals surface area contributed by atoms with E-state index < -0.39 is 5.82 Å². The van der Waals surface area contributed by atoms with Crippen LogP contribution in [0.25, 0.3) is 0 Å². The van der Waals surface area contributed by atoms with E-state index in [9.17, 15) is 9.18 Å². The predicted octanol–water partition coefficient (Wildman–Crippen LogP) is 3.22. The number of methoxy groups -OCH3 is 1. The van der Waals surface area contributed by atoms with Crippen molar-refractivity contribution in [3.05, 3.63) is 58.1 Å². The number of carbonyl (C=O) groups is 1. The lowest BCUT2D eigenvalue weighted by Crippen LogP contribution is -2.38. The van der Waals surface area contributed by atoms with Crippen LogP contribution in [0.3, 0.4) is 0 Å². The van der Waals surface area contributed by atoms with Gasteiger partial charge in [0, 0.05) is 29.8 Å². The van der Waals surface area contributed by atoms with Gasteiger partial charge in [-0.1, -0.05) is 11.6 Å². The van der Waals surface area contributed by atoms with Crippen LogP contribution < -0.4 is 4.90 Å². The fourth-order valence-electron chi connectivity index (χ4n) is 2.66. The van der Waals surface area contributed by atoms with E-state index in [2.05, 4.69) is 4.98 Å². The number of pyridine rings is 1.